The van der Waals surface area contributed by atoms with Crippen LogP contribution >= 0.6 is 27.3 Å². The van der Waals surface area contributed by atoms with Gasteiger partial charge in [-0.15, -0.1) is 11.3 Å². The average molecular weight is 280 g/mol. The van der Waals surface area contributed by atoms with E-state index in [1.54, 1.807) is 11.3 Å². The van der Waals surface area contributed by atoms with Crippen molar-refractivity contribution < 1.29 is 10.2 Å². The van der Waals surface area contributed by atoms with E-state index in [4.69, 9.17) is 10.2 Å². The van der Waals surface area contributed by atoms with Gasteiger partial charge < -0.3 is 10.2 Å². The van der Waals surface area contributed by atoms with Gasteiger partial charge in [-0.1, -0.05) is 0 Å². The van der Waals surface area contributed by atoms with Crippen LogP contribution in [0.25, 0.3) is 0 Å². The Morgan fingerprint density at radius 3 is 2.36 bits per heavy atom. The van der Waals surface area contributed by atoms with Gasteiger partial charge in [0.25, 0.3) is 0 Å². The second-order valence-electron chi connectivity index (χ2n) is 2.95. The van der Waals surface area contributed by atoms with Crippen LogP contribution in [0.3, 0.4) is 0 Å². The van der Waals surface area contributed by atoms with Crippen LogP contribution in [0.15, 0.2) is 15.9 Å². The van der Waals surface area contributed by atoms with Gasteiger partial charge in [-0.05, 0) is 22.0 Å². The largest absolute Gasteiger partial charge is 0.395 e. The maximum absolute atomic E-state index is 8.82. The van der Waals surface area contributed by atoms with Crippen LogP contribution in [0.2, 0.25) is 0 Å². The fourth-order valence-electron chi connectivity index (χ4n) is 1.21. The van der Waals surface area contributed by atoms with Gasteiger partial charge >= 0.3 is 0 Å². The fourth-order valence-corrected chi connectivity index (χ4v) is 2.70. The summed E-state index contributed by atoms with van der Waals surface area (Å²) in [5.41, 5.74) is 0. The van der Waals surface area contributed by atoms with Crippen LogP contribution in [0.4, 0.5) is 0 Å². The standard InChI is InChI=1S/C9H14BrNO2S/c10-8-5-9(14-7-8)6-11(1-3-12)2-4-13/h5,7,12-13H,1-4,6H2. The van der Waals surface area contributed by atoms with E-state index < -0.39 is 0 Å². The highest BCUT2D eigenvalue weighted by molar-refractivity contribution is 9.10. The van der Waals surface area contributed by atoms with Gasteiger partial charge in [0.1, 0.15) is 0 Å². The Hall–Kier alpha value is 0.0600. The molecule has 1 aromatic heterocycles. The van der Waals surface area contributed by atoms with E-state index in [0.29, 0.717) is 13.1 Å². The summed E-state index contributed by atoms with van der Waals surface area (Å²) in [6.45, 7) is 2.27. The monoisotopic (exact) mass is 279 g/mol. The van der Waals surface area contributed by atoms with Gasteiger partial charge in [0.05, 0.1) is 13.2 Å². The van der Waals surface area contributed by atoms with E-state index in [0.717, 1.165) is 11.0 Å². The molecule has 0 aliphatic heterocycles. The highest BCUT2D eigenvalue weighted by Crippen LogP contribution is 2.20. The average Bonchev–Trinajstić information content (AvgIpc) is 2.52. The molecule has 0 aliphatic carbocycles. The number of hydrogen-bond donors (Lipinski definition) is 2. The highest BCUT2D eigenvalue weighted by atomic mass is 79.9. The van der Waals surface area contributed by atoms with Crippen LogP contribution in [0, 0.1) is 0 Å². The molecule has 5 heteroatoms. The molecule has 0 saturated heterocycles. The lowest BCUT2D eigenvalue weighted by atomic mass is 10.4. The van der Waals surface area contributed by atoms with E-state index in [2.05, 4.69) is 22.0 Å². The summed E-state index contributed by atoms with van der Waals surface area (Å²) in [5.74, 6) is 0. The molecule has 0 aromatic carbocycles. The van der Waals surface area contributed by atoms with Crippen molar-refractivity contribution in [2.75, 3.05) is 26.3 Å². The topological polar surface area (TPSA) is 43.7 Å². The molecular formula is C9H14BrNO2S. The first-order valence-corrected chi connectivity index (χ1v) is 6.10. The second kappa shape index (κ2) is 6.53. The van der Waals surface area contributed by atoms with Crippen LogP contribution < -0.4 is 0 Å². The predicted molar refractivity (Wildman–Crippen MR) is 61.5 cm³/mol. The number of nitrogens with zero attached hydrogens (tertiary/aromatic N) is 1. The predicted octanol–water partition coefficient (Wildman–Crippen LogP) is 1.30. The highest BCUT2D eigenvalue weighted by Gasteiger charge is 2.06. The first kappa shape index (κ1) is 12.1. The molecule has 0 spiro atoms. The zero-order chi connectivity index (χ0) is 10.4. The summed E-state index contributed by atoms with van der Waals surface area (Å²) in [7, 11) is 0. The summed E-state index contributed by atoms with van der Waals surface area (Å²) < 4.78 is 1.09. The normalized spacial score (nSPS) is 11.1. The Bertz CT molecular complexity index is 261. The Kier molecular flexibility index (Phi) is 5.66. The Morgan fingerprint density at radius 2 is 1.93 bits per heavy atom. The maximum atomic E-state index is 8.82. The van der Waals surface area contributed by atoms with Crippen LogP contribution in [0.1, 0.15) is 4.88 Å². The van der Waals surface area contributed by atoms with Crippen LogP contribution in [-0.4, -0.2) is 41.4 Å². The van der Waals surface area contributed by atoms with Crippen LogP contribution in [0.5, 0.6) is 0 Å². The quantitative estimate of drug-likeness (QED) is 0.825. The summed E-state index contributed by atoms with van der Waals surface area (Å²) >= 11 is 5.07. The molecule has 1 rings (SSSR count). The molecule has 0 atom stereocenters. The number of halogens is 1. The van der Waals surface area contributed by atoms with Crippen LogP contribution in [-0.2, 0) is 6.54 Å². The second-order valence-corrected chi connectivity index (χ2v) is 4.87. The number of aliphatic hydroxyl groups is 2. The van der Waals surface area contributed by atoms with E-state index >= 15 is 0 Å². The summed E-state index contributed by atoms with van der Waals surface area (Å²) in [4.78, 5) is 3.26. The number of thiophene rings is 1. The van der Waals surface area contributed by atoms with Crippen molar-refractivity contribution in [3.05, 3.63) is 20.8 Å². The number of rotatable bonds is 6. The molecule has 1 aromatic rings. The molecule has 0 unspecified atom stereocenters. The van der Waals surface area contributed by atoms with Gasteiger partial charge in [0.2, 0.25) is 0 Å². The summed E-state index contributed by atoms with van der Waals surface area (Å²) in [6.07, 6.45) is 0. The molecule has 0 amide bonds. The lowest BCUT2D eigenvalue weighted by Gasteiger charge is -2.18. The maximum Gasteiger partial charge on any atom is 0.0558 e. The first-order chi connectivity index (χ1) is 6.76. The molecule has 0 radical (unpaired) electrons. The molecular weight excluding hydrogens is 266 g/mol. The molecule has 0 saturated carbocycles. The zero-order valence-electron chi connectivity index (χ0n) is 7.82. The van der Waals surface area contributed by atoms with Crippen molar-refractivity contribution in [1.29, 1.82) is 0 Å². The third kappa shape index (κ3) is 4.06. The summed E-state index contributed by atoms with van der Waals surface area (Å²) in [5, 5.41) is 19.7. The Labute approximate surface area is 96.1 Å². The third-order valence-corrected chi connectivity index (χ3v) is 3.52. The molecule has 80 valence electrons. The number of aliphatic hydroxyl groups excluding tert-OH is 2. The molecule has 3 nitrogen and oxygen atoms in total. The lowest BCUT2D eigenvalue weighted by molar-refractivity contribution is 0.157. The first-order valence-electron chi connectivity index (χ1n) is 4.43. The minimum atomic E-state index is 0.131. The van der Waals surface area contributed by atoms with Crippen molar-refractivity contribution in [3.63, 3.8) is 0 Å². The smallest absolute Gasteiger partial charge is 0.0558 e. The van der Waals surface area contributed by atoms with Gasteiger partial charge in [-0.2, -0.15) is 0 Å². The Balaban J connectivity index is 2.46. The summed E-state index contributed by atoms with van der Waals surface area (Å²) in [6, 6.07) is 2.06. The fraction of sp³-hybridized carbons (Fsp3) is 0.556. The molecule has 0 aliphatic rings. The van der Waals surface area contributed by atoms with E-state index in [9.17, 15) is 0 Å². The van der Waals surface area contributed by atoms with Crippen molar-refractivity contribution in [1.82, 2.24) is 4.90 Å². The van der Waals surface area contributed by atoms with Crippen molar-refractivity contribution in [2.24, 2.45) is 0 Å². The van der Waals surface area contributed by atoms with Gasteiger partial charge in [-0.3, -0.25) is 4.90 Å². The minimum Gasteiger partial charge on any atom is -0.395 e. The van der Waals surface area contributed by atoms with E-state index in [1.165, 1.54) is 4.88 Å². The lowest BCUT2D eigenvalue weighted by Crippen LogP contribution is -2.28. The van der Waals surface area contributed by atoms with Crippen molar-refractivity contribution in [3.8, 4) is 0 Å². The number of hydrogen-bond acceptors (Lipinski definition) is 4. The van der Waals surface area contributed by atoms with Crippen molar-refractivity contribution >= 4 is 27.3 Å². The zero-order valence-corrected chi connectivity index (χ0v) is 10.2. The molecule has 14 heavy (non-hydrogen) atoms. The minimum absolute atomic E-state index is 0.131. The molecule has 1 heterocycles. The van der Waals surface area contributed by atoms with Gasteiger partial charge in [0.15, 0.2) is 0 Å². The molecule has 0 bridgehead atoms. The van der Waals surface area contributed by atoms with E-state index in [-0.39, 0.29) is 13.2 Å². The Morgan fingerprint density at radius 1 is 1.29 bits per heavy atom. The SMILES string of the molecule is OCCN(CCO)Cc1cc(Br)cs1. The van der Waals surface area contributed by atoms with Gasteiger partial charge in [0, 0.05) is 34.4 Å². The molecule has 2 N–H and O–H groups in total. The van der Waals surface area contributed by atoms with E-state index in [1.807, 2.05) is 10.3 Å². The van der Waals surface area contributed by atoms with Gasteiger partial charge in [-0.25, -0.2) is 0 Å². The third-order valence-electron chi connectivity index (χ3n) is 1.83. The molecule has 0 fully saturated rings. The van der Waals surface area contributed by atoms with Crippen molar-refractivity contribution in [2.45, 2.75) is 6.54 Å².